The minimum atomic E-state index is 0.711. The third kappa shape index (κ3) is 5.35. The first-order valence-electron chi connectivity index (χ1n) is 8.65. The first kappa shape index (κ1) is 16.4. The van der Waals surface area contributed by atoms with E-state index in [1.54, 1.807) is 0 Å². The van der Waals surface area contributed by atoms with E-state index in [-0.39, 0.29) is 0 Å². The van der Waals surface area contributed by atoms with Gasteiger partial charge < -0.3 is 10.2 Å². The molecule has 0 bridgehead atoms. The molecule has 1 aromatic carbocycles. The molecule has 0 aromatic heterocycles. The third-order valence-electron chi connectivity index (χ3n) is 4.23. The lowest BCUT2D eigenvalue weighted by Crippen LogP contribution is -2.26. The quantitative estimate of drug-likeness (QED) is 0.726. The molecule has 0 atom stereocenters. The second-order valence-electron chi connectivity index (χ2n) is 7.02. The number of nitrogens with one attached hydrogen (secondary N) is 1. The Bertz CT molecular complexity index is 435. The van der Waals surface area contributed by atoms with Crippen LogP contribution in [-0.2, 0) is 6.54 Å². The molecule has 0 saturated heterocycles. The minimum absolute atomic E-state index is 0.711. The smallest absolute Gasteiger partial charge is 0.0369 e. The van der Waals surface area contributed by atoms with Gasteiger partial charge in [0.25, 0.3) is 0 Å². The van der Waals surface area contributed by atoms with Gasteiger partial charge in [0.15, 0.2) is 0 Å². The zero-order valence-corrected chi connectivity index (χ0v) is 14.3. The molecule has 1 aliphatic carbocycles. The van der Waals surface area contributed by atoms with Gasteiger partial charge in [0.1, 0.15) is 0 Å². The Labute approximate surface area is 130 Å². The SMILES string of the molecule is CCCN(CC1CC1)c1ccc(CNCC(C)C)c(C)c1. The highest BCUT2D eigenvalue weighted by molar-refractivity contribution is 5.51. The predicted molar refractivity (Wildman–Crippen MR) is 93.0 cm³/mol. The van der Waals surface area contributed by atoms with Gasteiger partial charge in [0.2, 0.25) is 0 Å². The van der Waals surface area contributed by atoms with E-state index in [0.29, 0.717) is 5.92 Å². The van der Waals surface area contributed by atoms with Crippen LogP contribution in [0, 0.1) is 18.8 Å². The summed E-state index contributed by atoms with van der Waals surface area (Å²) in [6.45, 7) is 13.5. The summed E-state index contributed by atoms with van der Waals surface area (Å²) in [7, 11) is 0. The summed E-state index contributed by atoms with van der Waals surface area (Å²) in [6, 6.07) is 7.01. The molecule has 1 fully saturated rings. The third-order valence-corrected chi connectivity index (χ3v) is 4.23. The number of aryl methyl sites for hydroxylation is 1. The topological polar surface area (TPSA) is 15.3 Å². The highest BCUT2D eigenvalue weighted by Gasteiger charge is 2.24. The van der Waals surface area contributed by atoms with Crippen molar-refractivity contribution >= 4 is 5.69 Å². The average molecular weight is 288 g/mol. The fraction of sp³-hybridized carbons (Fsp3) is 0.684. The molecule has 2 rings (SSSR count). The van der Waals surface area contributed by atoms with Gasteiger partial charge in [-0.1, -0.05) is 26.8 Å². The highest BCUT2D eigenvalue weighted by Crippen LogP contribution is 2.32. The summed E-state index contributed by atoms with van der Waals surface area (Å²) in [5, 5.41) is 3.54. The predicted octanol–water partition coefficient (Wildman–Crippen LogP) is 4.37. The van der Waals surface area contributed by atoms with E-state index in [4.69, 9.17) is 0 Å². The Hall–Kier alpha value is -1.02. The second-order valence-corrected chi connectivity index (χ2v) is 7.02. The molecule has 2 heteroatoms. The van der Waals surface area contributed by atoms with Crippen LogP contribution >= 0.6 is 0 Å². The molecular formula is C19H32N2. The number of benzene rings is 1. The van der Waals surface area contributed by atoms with Crippen LogP contribution in [-0.4, -0.2) is 19.6 Å². The molecule has 1 N–H and O–H groups in total. The zero-order chi connectivity index (χ0) is 15.2. The summed E-state index contributed by atoms with van der Waals surface area (Å²) in [6.07, 6.45) is 4.08. The Kier molecular flexibility index (Phi) is 6.10. The number of hydrogen-bond acceptors (Lipinski definition) is 2. The van der Waals surface area contributed by atoms with Gasteiger partial charge in [0, 0.05) is 25.3 Å². The van der Waals surface area contributed by atoms with Crippen molar-refractivity contribution < 1.29 is 0 Å². The van der Waals surface area contributed by atoms with E-state index in [1.807, 2.05) is 0 Å². The van der Waals surface area contributed by atoms with Crippen molar-refractivity contribution in [2.75, 3.05) is 24.5 Å². The molecule has 1 saturated carbocycles. The number of rotatable bonds is 9. The van der Waals surface area contributed by atoms with Crippen molar-refractivity contribution in [3.8, 4) is 0 Å². The summed E-state index contributed by atoms with van der Waals surface area (Å²) < 4.78 is 0. The number of hydrogen-bond donors (Lipinski definition) is 1. The van der Waals surface area contributed by atoms with E-state index < -0.39 is 0 Å². The number of anilines is 1. The normalized spacial score (nSPS) is 14.7. The second kappa shape index (κ2) is 7.84. The van der Waals surface area contributed by atoms with Gasteiger partial charge in [-0.25, -0.2) is 0 Å². The maximum Gasteiger partial charge on any atom is 0.0369 e. The van der Waals surface area contributed by atoms with E-state index in [9.17, 15) is 0 Å². The molecule has 0 unspecified atom stereocenters. The average Bonchev–Trinajstić information content (AvgIpc) is 3.24. The summed E-state index contributed by atoms with van der Waals surface area (Å²) in [5.74, 6) is 1.66. The molecule has 0 radical (unpaired) electrons. The van der Waals surface area contributed by atoms with Crippen LogP contribution in [0.4, 0.5) is 5.69 Å². The Morgan fingerprint density at radius 2 is 2.05 bits per heavy atom. The Morgan fingerprint density at radius 3 is 2.62 bits per heavy atom. The maximum absolute atomic E-state index is 3.54. The monoisotopic (exact) mass is 288 g/mol. The number of nitrogens with zero attached hydrogens (tertiary/aromatic N) is 1. The van der Waals surface area contributed by atoms with E-state index in [0.717, 1.165) is 19.0 Å². The van der Waals surface area contributed by atoms with Gasteiger partial charge in [-0.05, 0) is 67.8 Å². The molecule has 0 spiro atoms. The molecule has 2 nitrogen and oxygen atoms in total. The molecule has 118 valence electrons. The van der Waals surface area contributed by atoms with Crippen LogP contribution in [0.3, 0.4) is 0 Å². The van der Waals surface area contributed by atoms with Gasteiger partial charge in [-0.3, -0.25) is 0 Å². The largest absolute Gasteiger partial charge is 0.371 e. The van der Waals surface area contributed by atoms with Crippen LogP contribution in [0.1, 0.15) is 51.2 Å². The Balaban J connectivity index is 1.98. The van der Waals surface area contributed by atoms with Crippen molar-refractivity contribution in [3.63, 3.8) is 0 Å². The first-order chi connectivity index (χ1) is 10.1. The maximum atomic E-state index is 3.54. The van der Waals surface area contributed by atoms with Crippen LogP contribution in [0.2, 0.25) is 0 Å². The van der Waals surface area contributed by atoms with E-state index >= 15 is 0 Å². The standard InChI is InChI=1S/C19H32N2/c1-5-10-21(14-17-6-7-17)19-9-8-18(16(4)11-19)13-20-12-15(2)3/h8-9,11,15,17,20H,5-7,10,12-14H2,1-4H3. The summed E-state index contributed by atoms with van der Waals surface area (Å²) in [5.41, 5.74) is 4.26. The lowest BCUT2D eigenvalue weighted by Gasteiger charge is -2.25. The van der Waals surface area contributed by atoms with Gasteiger partial charge >= 0.3 is 0 Å². The zero-order valence-electron chi connectivity index (χ0n) is 14.3. The van der Waals surface area contributed by atoms with Crippen molar-refractivity contribution in [3.05, 3.63) is 29.3 Å². The van der Waals surface area contributed by atoms with E-state index in [2.05, 4.69) is 56.1 Å². The van der Waals surface area contributed by atoms with E-state index in [1.165, 1.54) is 49.2 Å². The molecule has 0 heterocycles. The molecule has 0 aliphatic heterocycles. The molecule has 21 heavy (non-hydrogen) atoms. The molecule has 1 aromatic rings. The Morgan fingerprint density at radius 1 is 1.29 bits per heavy atom. The van der Waals surface area contributed by atoms with Crippen molar-refractivity contribution in [1.82, 2.24) is 5.32 Å². The van der Waals surface area contributed by atoms with Crippen LogP contribution in [0.5, 0.6) is 0 Å². The van der Waals surface area contributed by atoms with Crippen molar-refractivity contribution in [1.29, 1.82) is 0 Å². The van der Waals surface area contributed by atoms with Crippen LogP contribution < -0.4 is 10.2 Å². The molecular weight excluding hydrogens is 256 g/mol. The van der Waals surface area contributed by atoms with Crippen molar-refractivity contribution in [2.24, 2.45) is 11.8 Å². The molecule has 1 aliphatic rings. The summed E-state index contributed by atoms with van der Waals surface area (Å²) >= 11 is 0. The summed E-state index contributed by atoms with van der Waals surface area (Å²) in [4.78, 5) is 2.58. The molecule has 0 amide bonds. The lowest BCUT2D eigenvalue weighted by atomic mass is 10.1. The fourth-order valence-electron chi connectivity index (χ4n) is 2.78. The van der Waals surface area contributed by atoms with Crippen molar-refractivity contribution in [2.45, 2.75) is 53.5 Å². The fourth-order valence-corrected chi connectivity index (χ4v) is 2.78. The van der Waals surface area contributed by atoms with Gasteiger partial charge in [-0.15, -0.1) is 0 Å². The van der Waals surface area contributed by atoms with Gasteiger partial charge in [-0.2, -0.15) is 0 Å². The first-order valence-corrected chi connectivity index (χ1v) is 8.65. The lowest BCUT2D eigenvalue weighted by molar-refractivity contribution is 0.551. The van der Waals surface area contributed by atoms with Crippen LogP contribution in [0.15, 0.2) is 18.2 Å². The highest BCUT2D eigenvalue weighted by atomic mass is 15.1. The minimum Gasteiger partial charge on any atom is -0.371 e. The van der Waals surface area contributed by atoms with Crippen LogP contribution in [0.25, 0.3) is 0 Å². The van der Waals surface area contributed by atoms with Gasteiger partial charge in [0.05, 0.1) is 0 Å².